The summed E-state index contributed by atoms with van der Waals surface area (Å²) in [5, 5.41) is 49.9. The first-order chi connectivity index (χ1) is 36.9. The first-order valence-electron chi connectivity index (χ1n) is 22.4. The van der Waals surface area contributed by atoms with E-state index in [1.54, 1.807) is 116 Å². The summed E-state index contributed by atoms with van der Waals surface area (Å²) in [5.41, 5.74) is -0.908. The van der Waals surface area contributed by atoms with Crippen LogP contribution in [0.2, 0.25) is 0 Å². The minimum atomic E-state index is -5.28. The number of fused-ring (bicyclic) bond motifs is 4. The number of benzene rings is 9. The zero-order chi connectivity index (χ0) is 55.5. The average Bonchev–Trinajstić information content (AvgIpc) is 3.49. The molecule has 1 heterocycles. The molecule has 0 aliphatic carbocycles. The molecule has 9 N–H and O–H groups in total. The molecule has 0 atom stereocenters. The van der Waals surface area contributed by atoms with E-state index in [9.17, 15) is 62.1 Å². The molecule has 28 heteroatoms. The molecule has 394 valence electrons. The first kappa shape index (κ1) is 52.3. The molecule has 0 bridgehead atoms. The Morgan fingerprint density at radius 1 is 0.410 bits per heavy atom. The summed E-state index contributed by atoms with van der Waals surface area (Å²) in [6.45, 7) is 1.78. The zero-order valence-electron chi connectivity index (χ0n) is 39.6. The number of aromatic hydroxyl groups is 2. The number of phenols is 2. The van der Waals surface area contributed by atoms with Crippen molar-refractivity contribution >= 4 is 141 Å². The number of anilines is 6. The maximum absolute atomic E-state index is 12.9. The summed E-state index contributed by atoms with van der Waals surface area (Å²) in [5.74, 6) is -3.35. The summed E-state index contributed by atoms with van der Waals surface area (Å²) < 4.78 is 144. The number of nitrogens with zero attached hydrogens (tertiary/aromatic N) is 7. The van der Waals surface area contributed by atoms with Crippen LogP contribution < -0.4 is 16.0 Å². The molecule has 1 aromatic heterocycles. The third-order valence-electron chi connectivity index (χ3n) is 11.8. The van der Waals surface area contributed by atoms with Gasteiger partial charge in [-0.2, -0.15) is 48.6 Å². The monoisotopic (exact) mass is 1130 g/mol. The molecule has 0 amide bonds. The van der Waals surface area contributed by atoms with Crippen LogP contribution >= 0.6 is 0 Å². The highest BCUT2D eigenvalue weighted by Crippen LogP contribution is 2.48. The molecule has 24 nitrogen and oxygen atoms in total. The Morgan fingerprint density at radius 2 is 0.808 bits per heavy atom. The predicted molar refractivity (Wildman–Crippen MR) is 288 cm³/mol. The van der Waals surface area contributed by atoms with Crippen LogP contribution in [0.5, 0.6) is 11.5 Å². The van der Waals surface area contributed by atoms with Crippen molar-refractivity contribution in [2.75, 3.05) is 16.0 Å². The highest BCUT2D eigenvalue weighted by Gasteiger charge is 2.28. The van der Waals surface area contributed by atoms with Gasteiger partial charge in [0.15, 0.2) is 11.5 Å². The summed E-state index contributed by atoms with van der Waals surface area (Å²) in [7, 11) is -20.9. The van der Waals surface area contributed by atoms with Gasteiger partial charge in [0.05, 0.1) is 32.5 Å². The Kier molecular flexibility index (Phi) is 13.3. The molecule has 9 aromatic carbocycles. The minimum absolute atomic E-state index is 0.219. The molecule has 0 aliphatic rings. The van der Waals surface area contributed by atoms with Gasteiger partial charge in [-0.15, -0.1) is 20.5 Å². The van der Waals surface area contributed by atoms with Crippen molar-refractivity contribution < 1.29 is 62.1 Å². The second-order valence-electron chi connectivity index (χ2n) is 17.1. The van der Waals surface area contributed by atoms with Crippen LogP contribution in [0.25, 0.3) is 43.1 Å². The Bertz CT molecular complexity index is 4440. The molecule has 78 heavy (non-hydrogen) atoms. The van der Waals surface area contributed by atoms with E-state index in [2.05, 4.69) is 51.4 Å². The smallest absolute Gasteiger partial charge is 0.296 e. The average molecular weight is 1130 g/mol. The van der Waals surface area contributed by atoms with Crippen LogP contribution in [0.4, 0.5) is 57.7 Å². The van der Waals surface area contributed by atoms with Crippen molar-refractivity contribution in [2.45, 2.75) is 26.5 Å². The van der Waals surface area contributed by atoms with Crippen LogP contribution in [0.15, 0.2) is 186 Å². The molecule has 0 unspecified atom stereocenters. The van der Waals surface area contributed by atoms with Crippen molar-refractivity contribution in [3.05, 3.63) is 151 Å². The van der Waals surface area contributed by atoms with E-state index in [1.165, 1.54) is 0 Å². The van der Waals surface area contributed by atoms with Crippen molar-refractivity contribution in [1.29, 1.82) is 0 Å². The molecule has 0 spiro atoms. The number of aryl methyl sites for hydroxylation is 1. The van der Waals surface area contributed by atoms with E-state index in [4.69, 9.17) is 0 Å². The van der Waals surface area contributed by atoms with Gasteiger partial charge in [0.2, 0.25) is 17.8 Å². The van der Waals surface area contributed by atoms with Crippen molar-refractivity contribution in [3.8, 4) is 11.5 Å². The number of azo groups is 2. The van der Waals surface area contributed by atoms with Crippen LogP contribution in [0, 0.1) is 6.92 Å². The van der Waals surface area contributed by atoms with Crippen molar-refractivity contribution in [2.24, 2.45) is 20.5 Å². The third kappa shape index (κ3) is 10.7. The largest absolute Gasteiger partial charge is 0.505 e. The van der Waals surface area contributed by atoms with Crippen LogP contribution in [-0.4, -0.2) is 77.0 Å². The lowest BCUT2D eigenvalue weighted by Gasteiger charge is -2.17. The maximum Gasteiger partial charge on any atom is 0.296 e. The Balaban J connectivity index is 1.17. The second-order valence-corrected chi connectivity index (χ2v) is 22.8. The van der Waals surface area contributed by atoms with Gasteiger partial charge in [-0.1, -0.05) is 84.9 Å². The maximum atomic E-state index is 12.9. The molecule has 0 aliphatic heterocycles. The summed E-state index contributed by atoms with van der Waals surface area (Å²) in [6, 6.07) is 35.5. The Morgan fingerprint density at radius 3 is 1.22 bits per heavy atom. The molecule has 10 rings (SSSR count). The minimum Gasteiger partial charge on any atom is -0.505 e. The fourth-order valence-electron chi connectivity index (χ4n) is 8.44. The van der Waals surface area contributed by atoms with Gasteiger partial charge in [0, 0.05) is 27.2 Å². The zero-order valence-corrected chi connectivity index (χ0v) is 42.8. The van der Waals surface area contributed by atoms with Gasteiger partial charge in [-0.05, 0) is 94.7 Å². The molecule has 0 saturated carbocycles. The molecule has 0 radical (unpaired) electrons. The van der Waals surface area contributed by atoms with Gasteiger partial charge < -0.3 is 26.2 Å². The first-order valence-corrected chi connectivity index (χ1v) is 28.2. The summed E-state index contributed by atoms with van der Waals surface area (Å²) in [6.07, 6.45) is 0. The van der Waals surface area contributed by atoms with E-state index in [0.717, 1.165) is 52.7 Å². The normalized spacial score (nSPS) is 12.6. The second kappa shape index (κ2) is 19.8. The van der Waals surface area contributed by atoms with E-state index >= 15 is 0 Å². The number of nitrogens with one attached hydrogen (secondary N) is 3. The van der Waals surface area contributed by atoms with Crippen LogP contribution in [-0.2, 0) is 40.5 Å². The number of hydrogen-bond donors (Lipinski definition) is 9. The van der Waals surface area contributed by atoms with Gasteiger partial charge in [0.25, 0.3) is 40.5 Å². The highest BCUT2D eigenvalue weighted by atomic mass is 32.2. The summed E-state index contributed by atoms with van der Waals surface area (Å²) in [4.78, 5) is 9.43. The number of hydrogen-bond acceptors (Lipinski definition) is 20. The number of rotatable bonds is 14. The van der Waals surface area contributed by atoms with E-state index in [0.29, 0.717) is 16.5 Å². The lowest BCUT2D eigenvalue weighted by molar-refractivity contribution is 0.471. The Labute approximate surface area is 441 Å². The molecular weight excluding hydrogens is 1090 g/mol. The standard InChI is InChI=1S/C50H36N10O14S4/c1-26-9-6-14-31(19-26)51-48-54-49(52-38-24-32(75(63,64)65)20-29-22-40(77(69,70)71)44(46(61)42(29)38)59-57-36-17-7-12-27-10-2-4-15-34(27)36)56-50(55-48)53-39-25-33(76(66,67)68)21-30-23-41(78(72,73)74)45(47(62)43(30)39)60-58-37-18-8-13-28-11-3-5-16-35(28)37/h2-25,61-62H,1H3,(H,63,64,65)(H,66,67,68)(H,69,70,71)(H,72,73,74)(H3,51,52,53,54,55,56)/b59-57+,60-58+. The lowest BCUT2D eigenvalue weighted by atomic mass is 10.1. The fraction of sp³-hybridized carbons (Fsp3) is 0.0200. The quantitative estimate of drug-likeness (QED) is 0.0361. The van der Waals surface area contributed by atoms with E-state index < -0.39 is 117 Å². The van der Waals surface area contributed by atoms with Crippen LogP contribution in [0.3, 0.4) is 0 Å². The molecule has 0 fully saturated rings. The number of phenolic OH excluding ortho intramolecular Hbond substituents is 2. The molecule has 0 saturated heterocycles. The Hall–Kier alpha value is -9.13. The predicted octanol–water partition coefficient (Wildman–Crippen LogP) is 11.3. The SMILES string of the molecule is Cc1cccc(Nc2nc(Nc3cc(S(=O)(=O)O)cc4cc(S(=O)(=O)O)c(/N=N/c5cccc6ccccc56)c(O)c34)nc(Nc3cc(S(=O)(=O)O)cc4cc(S(=O)(=O)O)c(/N=N/c5cccc6ccccc56)c(O)c34)n2)c1. The van der Waals surface area contributed by atoms with Crippen molar-refractivity contribution in [3.63, 3.8) is 0 Å². The van der Waals surface area contributed by atoms with Crippen molar-refractivity contribution in [1.82, 2.24) is 15.0 Å². The molecular formula is C50H36N10O14S4. The van der Waals surface area contributed by atoms with Gasteiger partial charge in [-0.3, -0.25) is 18.2 Å². The fourth-order valence-corrected chi connectivity index (χ4v) is 10.8. The number of aromatic nitrogens is 3. The van der Waals surface area contributed by atoms with Gasteiger partial charge in [-0.25, -0.2) is 0 Å². The lowest BCUT2D eigenvalue weighted by Crippen LogP contribution is -2.09. The van der Waals surface area contributed by atoms with Gasteiger partial charge in [0.1, 0.15) is 21.2 Å². The summed E-state index contributed by atoms with van der Waals surface area (Å²) >= 11 is 0. The molecule has 10 aromatic rings. The van der Waals surface area contributed by atoms with E-state index in [-0.39, 0.29) is 28.1 Å². The van der Waals surface area contributed by atoms with Crippen LogP contribution in [0.1, 0.15) is 5.56 Å². The van der Waals surface area contributed by atoms with E-state index in [1.807, 2.05) is 0 Å². The van der Waals surface area contributed by atoms with Gasteiger partial charge >= 0.3 is 0 Å². The highest BCUT2D eigenvalue weighted by molar-refractivity contribution is 7.86. The third-order valence-corrected chi connectivity index (χ3v) is 15.2. The topological polar surface area (TPSA) is 382 Å².